The number of aryl methyl sites for hydroxylation is 1. The maximum Gasteiger partial charge on any atom is 0.222 e. The molecule has 0 radical (unpaired) electrons. The van der Waals surface area contributed by atoms with Gasteiger partial charge in [-0.1, -0.05) is 39.0 Å². The Morgan fingerprint density at radius 3 is 2.22 bits per heavy atom. The minimum atomic E-state index is 0.166. The van der Waals surface area contributed by atoms with E-state index in [-0.39, 0.29) is 5.41 Å². The van der Waals surface area contributed by atoms with Gasteiger partial charge in [0.05, 0.1) is 0 Å². The van der Waals surface area contributed by atoms with Crippen LogP contribution in [0.4, 0.5) is 0 Å². The third-order valence-corrected chi connectivity index (χ3v) is 2.90. The average Bonchev–Trinajstić information content (AvgIpc) is 2.32. The van der Waals surface area contributed by atoms with E-state index in [1.807, 2.05) is 31.2 Å². The largest absolute Gasteiger partial charge is 0.439 e. The Morgan fingerprint density at radius 1 is 1.00 bits per heavy atom. The van der Waals surface area contributed by atoms with Crippen LogP contribution in [0.25, 0.3) is 0 Å². The van der Waals surface area contributed by atoms with Gasteiger partial charge >= 0.3 is 0 Å². The Hall–Kier alpha value is -1.83. The van der Waals surface area contributed by atoms with E-state index in [4.69, 9.17) is 4.74 Å². The van der Waals surface area contributed by atoms with Crippen LogP contribution in [0.15, 0.2) is 42.6 Å². The van der Waals surface area contributed by atoms with Gasteiger partial charge in [0.1, 0.15) is 5.75 Å². The number of hydrogen-bond donors (Lipinski definition) is 0. The monoisotopic (exact) mass is 241 g/mol. The molecule has 1 heterocycles. The number of benzene rings is 1. The van der Waals surface area contributed by atoms with Crippen molar-refractivity contribution < 1.29 is 4.74 Å². The Balaban J connectivity index is 2.19. The Morgan fingerprint density at radius 2 is 1.67 bits per heavy atom. The molecule has 0 amide bonds. The average molecular weight is 241 g/mol. The van der Waals surface area contributed by atoms with Crippen molar-refractivity contribution in [1.82, 2.24) is 4.98 Å². The predicted octanol–water partition coefficient (Wildman–Crippen LogP) is 4.48. The first-order valence-electron chi connectivity index (χ1n) is 6.17. The van der Waals surface area contributed by atoms with Gasteiger partial charge in [-0.05, 0) is 36.1 Å². The lowest BCUT2D eigenvalue weighted by molar-refractivity contribution is 0.458. The number of nitrogens with zero attached hydrogens (tertiary/aromatic N) is 1. The van der Waals surface area contributed by atoms with Crippen LogP contribution in [0.5, 0.6) is 11.6 Å². The molecule has 0 saturated carbocycles. The van der Waals surface area contributed by atoms with Crippen molar-refractivity contribution in [2.45, 2.75) is 33.1 Å². The van der Waals surface area contributed by atoms with E-state index in [0.29, 0.717) is 5.88 Å². The first-order chi connectivity index (χ1) is 8.47. The van der Waals surface area contributed by atoms with Crippen molar-refractivity contribution in [1.29, 1.82) is 0 Å². The maximum atomic E-state index is 5.77. The van der Waals surface area contributed by atoms with Gasteiger partial charge in [-0.25, -0.2) is 4.98 Å². The summed E-state index contributed by atoms with van der Waals surface area (Å²) in [6, 6.07) is 12.1. The fraction of sp³-hybridized carbons (Fsp3) is 0.312. The van der Waals surface area contributed by atoms with Gasteiger partial charge in [0.15, 0.2) is 0 Å². The number of rotatable bonds is 2. The van der Waals surface area contributed by atoms with Gasteiger partial charge in [-0.3, -0.25) is 0 Å². The summed E-state index contributed by atoms with van der Waals surface area (Å²) in [6.07, 6.45) is 1.74. The van der Waals surface area contributed by atoms with Crippen LogP contribution in [0.3, 0.4) is 0 Å². The summed E-state index contributed by atoms with van der Waals surface area (Å²) < 4.78 is 5.77. The van der Waals surface area contributed by atoms with Crippen molar-refractivity contribution in [3.8, 4) is 11.6 Å². The third kappa shape index (κ3) is 2.89. The molecule has 0 N–H and O–H groups in total. The summed E-state index contributed by atoms with van der Waals surface area (Å²) in [7, 11) is 0. The molecule has 18 heavy (non-hydrogen) atoms. The van der Waals surface area contributed by atoms with E-state index < -0.39 is 0 Å². The van der Waals surface area contributed by atoms with Crippen molar-refractivity contribution in [3.05, 3.63) is 53.7 Å². The summed E-state index contributed by atoms with van der Waals surface area (Å²) in [5.41, 5.74) is 2.50. The smallest absolute Gasteiger partial charge is 0.222 e. The van der Waals surface area contributed by atoms with Crippen LogP contribution in [0, 0.1) is 6.92 Å². The van der Waals surface area contributed by atoms with Gasteiger partial charge in [-0.15, -0.1) is 0 Å². The summed E-state index contributed by atoms with van der Waals surface area (Å²) in [5, 5.41) is 0. The van der Waals surface area contributed by atoms with Crippen molar-refractivity contribution in [2.75, 3.05) is 0 Å². The summed E-state index contributed by atoms with van der Waals surface area (Å²) in [6.45, 7) is 8.59. The van der Waals surface area contributed by atoms with E-state index in [0.717, 1.165) is 11.3 Å². The van der Waals surface area contributed by atoms with Gasteiger partial charge < -0.3 is 4.74 Å². The van der Waals surface area contributed by atoms with Gasteiger partial charge in [0.2, 0.25) is 5.88 Å². The molecule has 0 bridgehead atoms. The standard InChI is InChI=1S/C16H19NO/c1-12-6-5-11-17-15(12)18-14-9-7-13(8-10-14)16(2,3)4/h5-11H,1-4H3. The molecule has 0 spiro atoms. The van der Waals surface area contributed by atoms with Gasteiger partial charge in [-0.2, -0.15) is 0 Å². The molecule has 0 aliphatic heterocycles. The fourth-order valence-electron chi connectivity index (χ4n) is 1.71. The summed E-state index contributed by atoms with van der Waals surface area (Å²) in [4.78, 5) is 4.22. The second kappa shape index (κ2) is 4.81. The zero-order valence-corrected chi connectivity index (χ0v) is 11.4. The van der Waals surface area contributed by atoms with Crippen LogP contribution in [-0.4, -0.2) is 4.98 Å². The quantitative estimate of drug-likeness (QED) is 0.773. The molecule has 0 aliphatic carbocycles. The highest BCUT2D eigenvalue weighted by Gasteiger charge is 2.13. The predicted molar refractivity (Wildman–Crippen MR) is 74.2 cm³/mol. The highest BCUT2D eigenvalue weighted by atomic mass is 16.5. The molecule has 2 heteroatoms. The number of pyridine rings is 1. The number of ether oxygens (including phenoxy) is 1. The van der Waals surface area contributed by atoms with E-state index in [2.05, 4.69) is 37.9 Å². The van der Waals surface area contributed by atoms with Crippen LogP contribution in [0.1, 0.15) is 31.9 Å². The second-order valence-corrected chi connectivity index (χ2v) is 5.50. The lowest BCUT2D eigenvalue weighted by Gasteiger charge is -2.19. The van der Waals surface area contributed by atoms with E-state index >= 15 is 0 Å². The molecule has 0 unspecified atom stereocenters. The van der Waals surface area contributed by atoms with Crippen LogP contribution < -0.4 is 4.74 Å². The molecule has 0 atom stereocenters. The molecule has 0 saturated heterocycles. The van der Waals surface area contributed by atoms with Gasteiger partial charge in [0.25, 0.3) is 0 Å². The molecule has 1 aromatic carbocycles. The van der Waals surface area contributed by atoms with E-state index in [9.17, 15) is 0 Å². The topological polar surface area (TPSA) is 22.1 Å². The van der Waals surface area contributed by atoms with Gasteiger partial charge in [0, 0.05) is 11.8 Å². The van der Waals surface area contributed by atoms with E-state index in [1.54, 1.807) is 6.20 Å². The lowest BCUT2D eigenvalue weighted by Crippen LogP contribution is -2.10. The second-order valence-electron chi connectivity index (χ2n) is 5.50. The molecule has 2 rings (SSSR count). The molecule has 94 valence electrons. The summed E-state index contributed by atoms with van der Waals surface area (Å²) >= 11 is 0. The molecular formula is C16H19NO. The third-order valence-electron chi connectivity index (χ3n) is 2.90. The van der Waals surface area contributed by atoms with Crippen molar-refractivity contribution in [2.24, 2.45) is 0 Å². The highest BCUT2D eigenvalue weighted by Crippen LogP contribution is 2.27. The van der Waals surface area contributed by atoms with Crippen molar-refractivity contribution >= 4 is 0 Å². The first kappa shape index (κ1) is 12.6. The van der Waals surface area contributed by atoms with Crippen LogP contribution >= 0.6 is 0 Å². The lowest BCUT2D eigenvalue weighted by atomic mass is 9.87. The molecular weight excluding hydrogens is 222 g/mol. The van der Waals surface area contributed by atoms with Crippen LogP contribution in [0.2, 0.25) is 0 Å². The normalized spacial score (nSPS) is 11.3. The minimum absolute atomic E-state index is 0.166. The zero-order chi connectivity index (χ0) is 13.2. The number of hydrogen-bond acceptors (Lipinski definition) is 2. The molecule has 0 aliphatic rings. The van der Waals surface area contributed by atoms with Crippen molar-refractivity contribution in [3.63, 3.8) is 0 Å². The number of aromatic nitrogens is 1. The molecule has 0 fully saturated rings. The Bertz CT molecular complexity index is 524. The Labute approximate surface area is 109 Å². The maximum absolute atomic E-state index is 5.77. The summed E-state index contributed by atoms with van der Waals surface area (Å²) in [5.74, 6) is 1.49. The fourth-order valence-corrected chi connectivity index (χ4v) is 1.71. The molecule has 2 aromatic rings. The first-order valence-corrected chi connectivity index (χ1v) is 6.17. The van der Waals surface area contributed by atoms with E-state index in [1.165, 1.54) is 5.56 Å². The van der Waals surface area contributed by atoms with Crippen LogP contribution in [-0.2, 0) is 5.41 Å². The SMILES string of the molecule is Cc1cccnc1Oc1ccc(C(C)(C)C)cc1. The molecule has 1 aromatic heterocycles. The highest BCUT2D eigenvalue weighted by molar-refractivity contribution is 5.35. The molecule has 2 nitrogen and oxygen atoms in total. The minimum Gasteiger partial charge on any atom is -0.439 e. The zero-order valence-electron chi connectivity index (χ0n) is 11.4. The Kier molecular flexibility index (Phi) is 3.37.